The van der Waals surface area contributed by atoms with Crippen molar-refractivity contribution in [1.82, 2.24) is 0 Å². The monoisotopic (exact) mass is 1770 g/mol. The van der Waals surface area contributed by atoms with Crippen molar-refractivity contribution >= 4 is 168 Å². The predicted octanol–water partition coefficient (Wildman–Crippen LogP) is 18.0. The first kappa shape index (κ1) is 82.4. The standard InChI is InChI=1S/C90H85O28P5/c91-43-79-76(40-73(111-79)52-28-31-67-61-19-4-13-49-10-1-16-58(85(49)61)64-25-7-22-55(52)88(64)67)116-122(99,100)109-47-83-78(42-75(112-83)54-30-33-69-63-21-6-15-51-12-3-18-60(87(51)63)66-27-9-24-57(54)90(66)69)118-123(101,102)110-48-84-77(41-74(113-84)53-29-32-68-62-20-5-14-50-11-2-17-59(86(50)62)65-26-8-23-56(53)89(65)68)117-121(97,98)108-46-82-72(36-39-105-82)115-120(95,96)107-45-81-71(35-38-104-81)114-119(93,94)106-44-80-70(92)34-37-103-80/h1-33,70-84,91-92H,34-48H2,(H,93,94)(H,95,96)(H,97,98)(H,99,100)(H,101,102)/t70-,71-,72-,73+,74+,75+,76-,77-,78-,79+,80+,81+,82+,83+,84+/m0/s1. The molecule has 0 radical (unpaired) electrons. The van der Waals surface area contributed by atoms with E-state index >= 15 is 4.57 Å². The first-order chi connectivity index (χ1) is 59.5. The summed E-state index contributed by atoms with van der Waals surface area (Å²) in [6.07, 6.45) is -16.8. The number of phosphoric ester groups is 5. The van der Waals surface area contributed by atoms with Crippen molar-refractivity contribution in [3.8, 4) is 0 Å². The van der Waals surface area contributed by atoms with Gasteiger partial charge in [-0.1, -0.05) is 200 Å². The average molecular weight is 1770 g/mol. The van der Waals surface area contributed by atoms with Gasteiger partial charge in [-0.3, -0.25) is 45.2 Å². The quantitative estimate of drug-likeness (QED) is 0.0130. The lowest BCUT2D eigenvalue weighted by atomic mass is 9.87. The summed E-state index contributed by atoms with van der Waals surface area (Å²) in [4.78, 5) is 57.5. The van der Waals surface area contributed by atoms with Gasteiger partial charge < -0.3 is 63.1 Å². The number of ether oxygens (including phenoxy) is 6. The highest BCUT2D eigenvalue weighted by molar-refractivity contribution is 7.48. The van der Waals surface area contributed by atoms with Gasteiger partial charge in [0.1, 0.15) is 67.1 Å². The molecule has 0 aliphatic carbocycles. The zero-order valence-corrected chi connectivity index (χ0v) is 70.2. The molecule has 6 heterocycles. The van der Waals surface area contributed by atoms with Crippen LogP contribution in [0, 0.1) is 0 Å². The minimum absolute atomic E-state index is 0.00691. The minimum Gasteiger partial charge on any atom is -0.394 e. The van der Waals surface area contributed by atoms with Crippen LogP contribution in [-0.4, -0.2) is 167 Å². The third-order valence-corrected chi connectivity index (χ3v) is 30.4. The first-order valence-corrected chi connectivity index (χ1v) is 48.6. The molecule has 20 atom stereocenters. The number of hydrogen-bond donors (Lipinski definition) is 7. The van der Waals surface area contributed by atoms with Crippen molar-refractivity contribution < 1.29 is 131 Å². The van der Waals surface area contributed by atoms with Gasteiger partial charge >= 0.3 is 39.1 Å². The van der Waals surface area contributed by atoms with Gasteiger partial charge in [-0.2, -0.15) is 0 Å². The normalized spacial score (nSPS) is 27.9. The lowest BCUT2D eigenvalue weighted by Crippen LogP contribution is -2.32. The zero-order valence-electron chi connectivity index (χ0n) is 65.8. The molecule has 0 saturated carbocycles. The lowest BCUT2D eigenvalue weighted by molar-refractivity contribution is -0.0459. The Kier molecular flexibility index (Phi) is 21.9. The van der Waals surface area contributed by atoms with Gasteiger partial charge in [0.25, 0.3) is 0 Å². The van der Waals surface area contributed by atoms with E-state index in [2.05, 4.69) is 91.0 Å². The molecular formula is C90H85O28P5. The van der Waals surface area contributed by atoms with Crippen LogP contribution in [0.2, 0.25) is 0 Å². The van der Waals surface area contributed by atoms with E-state index in [1.54, 1.807) is 0 Å². The SMILES string of the molecule is O=P(O)(OC[C@H]1OCC[C@@H]1O)O[C@H]1CCO[C@@H]1COP(=O)(O)O[C@H]1CCO[C@@H]1COP(=O)(O)O[C@H]1C[C@H](c2ccc3c4cccc5cccc(c6cccc2c63)c54)O[C@@H]1COP(=O)(O)O[C@H]1C[C@H](c2ccc3c4cccc5cccc(c6cccc2c63)c54)O[C@@H]1COP(=O)(O)O[C@H]1C[C@H](c2ccc3c4cccc5cccc(c6cccc2c63)c54)O[C@@H]1CO. The Labute approximate surface area is 702 Å². The van der Waals surface area contributed by atoms with Gasteiger partial charge in [-0.05, 0) is 152 Å². The van der Waals surface area contributed by atoms with Crippen LogP contribution < -0.4 is 0 Å². The van der Waals surface area contributed by atoms with E-state index in [9.17, 15) is 52.9 Å². The van der Waals surface area contributed by atoms with E-state index < -0.39 is 170 Å². The van der Waals surface area contributed by atoms with Crippen molar-refractivity contribution in [2.24, 2.45) is 0 Å². The molecule has 6 saturated heterocycles. The van der Waals surface area contributed by atoms with E-state index in [4.69, 9.17) is 73.7 Å². The molecular weight excluding hydrogens is 1680 g/mol. The maximum Gasteiger partial charge on any atom is 0.472 e. The first-order valence-electron chi connectivity index (χ1n) is 41.1. The molecule has 6 aliphatic heterocycles. The summed E-state index contributed by atoms with van der Waals surface area (Å²) in [6.45, 7) is -3.73. The number of phosphoric acid groups is 5. The van der Waals surface area contributed by atoms with Crippen molar-refractivity contribution in [2.75, 3.05) is 59.5 Å². The van der Waals surface area contributed by atoms with Crippen LogP contribution in [0.15, 0.2) is 200 Å². The molecule has 6 aliphatic rings. The van der Waals surface area contributed by atoms with Crippen LogP contribution in [0.3, 0.4) is 0 Å². The number of hydrogen-bond acceptors (Lipinski definition) is 23. The molecule has 15 aromatic carbocycles. The Bertz CT molecular complexity index is 6710. The number of fused-ring (bicyclic) bond motifs is 6. The molecule has 28 nitrogen and oxygen atoms in total. The molecule has 0 bridgehead atoms. The summed E-state index contributed by atoms with van der Waals surface area (Å²) >= 11 is 0. The van der Waals surface area contributed by atoms with Crippen molar-refractivity contribution in [3.63, 3.8) is 0 Å². The zero-order chi connectivity index (χ0) is 84.0. The molecule has 0 aromatic heterocycles. The Hall–Kier alpha value is -7.57. The van der Waals surface area contributed by atoms with Crippen LogP contribution in [0.1, 0.15) is 73.5 Å². The number of aliphatic hydroxyl groups excluding tert-OH is 2. The molecule has 0 amide bonds. The third-order valence-electron chi connectivity index (χ3n) is 25.3. The number of rotatable bonds is 29. The Morgan fingerprint density at radius 3 is 0.829 bits per heavy atom. The molecule has 33 heteroatoms. The fraction of sp³-hybridized carbons (Fsp3) is 0.333. The lowest BCUT2D eigenvalue weighted by Gasteiger charge is -2.26. The van der Waals surface area contributed by atoms with Gasteiger partial charge in [0.2, 0.25) is 0 Å². The summed E-state index contributed by atoms with van der Waals surface area (Å²) < 4.78 is 165. The number of aliphatic hydroxyl groups is 2. The molecule has 15 aromatic rings. The second kappa shape index (κ2) is 32.6. The van der Waals surface area contributed by atoms with Gasteiger partial charge in [0, 0.05) is 51.9 Å². The Balaban J connectivity index is 0.542. The molecule has 6 fully saturated rings. The van der Waals surface area contributed by atoms with Crippen LogP contribution >= 0.6 is 39.1 Å². The topological polar surface area (TPSA) is 375 Å². The summed E-state index contributed by atoms with van der Waals surface area (Å²) in [6, 6.07) is 67.1. The third kappa shape index (κ3) is 15.6. The van der Waals surface area contributed by atoms with Gasteiger partial charge in [0.15, 0.2) is 0 Å². The smallest absolute Gasteiger partial charge is 0.394 e. The summed E-state index contributed by atoms with van der Waals surface area (Å²) in [5, 5.41) is 45.2. The van der Waals surface area contributed by atoms with Crippen LogP contribution in [0.25, 0.3) is 129 Å². The molecule has 21 rings (SSSR count). The highest BCUT2D eigenvalue weighted by Gasteiger charge is 2.50. The van der Waals surface area contributed by atoms with Gasteiger partial charge in [-0.25, -0.2) is 22.8 Å². The van der Waals surface area contributed by atoms with E-state index in [0.717, 1.165) is 135 Å². The Morgan fingerprint density at radius 2 is 0.520 bits per heavy atom. The van der Waals surface area contributed by atoms with E-state index in [-0.39, 0.29) is 51.9 Å². The highest BCUT2D eigenvalue weighted by Crippen LogP contribution is 2.59. The predicted molar refractivity (Wildman–Crippen MR) is 459 cm³/mol. The fourth-order valence-electron chi connectivity index (χ4n) is 19.8. The van der Waals surface area contributed by atoms with Gasteiger partial charge in [-0.15, -0.1) is 0 Å². The van der Waals surface area contributed by atoms with Crippen LogP contribution in [0.4, 0.5) is 0 Å². The van der Waals surface area contributed by atoms with E-state index in [0.29, 0.717) is 17.5 Å². The second-order valence-electron chi connectivity index (χ2n) is 32.5. The molecule has 5 unspecified atom stereocenters. The summed E-state index contributed by atoms with van der Waals surface area (Å²) in [7, 11) is -25.6. The molecule has 638 valence electrons. The maximum absolute atomic E-state index is 15.1. The largest absolute Gasteiger partial charge is 0.472 e. The van der Waals surface area contributed by atoms with Crippen molar-refractivity contribution in [2.45, 2.75) is 130 Å². The summed E-state index contributed by atoms with van der Waals surface area (Å²) in [5.41, 5.74) is 2.12. The molecule has 0 spiro atoms. The number of benzene rings is 15. The van der Waals surface area contributed by atoms with E-state index in [1.165, 1.54) is 0 Å². The fourth-order valence-corrected chi connectivity index (χ4v) is 24.7. The summed E-state index contributed by atoms with van der Waals surface area (Å²) in [5.74, 6) is 0. The molecule has 123 heavy (non-hydrogen) atoms. The molecule has 7 N–H and O–H groups in total. The van der Waals surface area contributed by atoms with Crippen molar-refractivity contribution in [1.29, 1.82) is 0 Å². The van der Waals surface area contributed by atoms with Gasteiger partial charge in [0.05, 0.1) is 64.1 Å². The van der Waals surface area contributed by atoms with Crippen LogP contribution in [0.5, 0.6) is 0 Å². The average Bonchev–Trinajstić information content (AvgIpc) is 1.25. The maximum atomic E-state index is 15.1. The highest BCUT2D eigenvalue weighted by atomic mass is 31.2. The van der Waals surface area contributed by atoms with Crippen molar-refractivity contribution in [3.05, 3.63) is 217 Å². The minimum atomic E-state index is -5.38. The second-order valence-corrected chi connectivity index (χ2v) is 39.5. The van der Waals surface area contributed by atoms with Crippen LogP contribution in [-0.2, 0) is 96.5 Å². The Morgan fingerprint density at radius 1 is 0.276 bits per heavy atom. The van der Waals surface area contributed by atoms with E-state index in [1.807, 2.05) is 109 Å².